The Labute approximate surface area is 155 Å². The fraction of sp³-hybridized carbons (Fsp3) is 0.400. The van der Waals surface area contributed by atoms with Crippen molar-refractivity contribution in [2.75, 3.05) is 13.7 Å². The number of rotatable bonds is 7. The highest BCUT2D eigenvalue weighted by molar-refractivity contribution is 7.89. The molecule has 0 saturated heterocycles. The molecule has 0 amide bonds. The van der Waals surface area contributed by atoms with Gasteiger partial charge in [-0.15, -0.1) is 0 Å². The second kappa shape index (κ2) is 8.10. The number of methoxy groups -OCH3 is 1. The quantitative estimate of drug-likeness (QED) is 0.805. The molecule has 1 N–H and O–H groups in total. The van der Waals surface area contributed by atoms with Gasteiger partial charge in [0.15, 0.2) is 0 Å². The summed E-state index contributed by atoms with van der Waals surface area (Å²) in [6, 6.07) is 11.0. The van der Waals surface area contributed by atoms with E-state index in [1.54, 1.807) is 6.07 Å². The number of benzene rings is 2. The predicted octanol–water partition coefficient (Wildman–Crippen LogP) is 3.45. The van der Waals surface area contributed by atoms with Crippen LogP contribution in [0.4, 0.5) is 0 Å². The van der Waals surface area contributed by atoms with E-state index in [2.05, 4.69) is 4.72 Å². The normalized spacial score (nSPS) is 13.9. The van der Waals surface area contributed by atoms with Gasteiger partial charge in [-0.05, 0) is 73.6 Å². The molecule has 0 aliphatic heterocycles. The van der Waals surface area contributed by atoms with Crippen molar-refractivity contribution in [1.82, 2.24) is 4.72 Å². The summed E-state index contributed by atoms with van der Waals surface area (Å²) in [5.41, 5.74) is 3.17. The molecule has 6 heteroatoms. The fourth-order valence-corrected chi connectivity index (χ4v) is 4.45. The lowest BCUT2D eigenvalue weighted by molar-refractivity contribution is 0.340. The van der Waals surface area contributed by atoms with Crippen LogP contribution in [-0.4, -0.2) is 22.1 Å². The third kappa shape index (κ3) is 4.19. The van der Waals surface area contributed by atoms with E-state index in [1.807, 2.05) is 37.3 Å². The number of hydrogen-bond donors (Lipinski definition) is 1. The number of nitrogens with one attached hydrogen (secondary N) is 1. The van der Waals surface area contributed by atoms with E-state index < -0.39 is 10.0 Å². The topological polar surface area (TPSA) is 64.6 Å². The van der Waals surface area contributed by atoms with E-state index in [0.29, 0.717) is 12.4 Å². The first-order chi connectivity index (χ1) is 12.5. The van der Waals surface area contributed by atoms with Gasteiger partial charge >= 0.3 is 0 Å². The molecule has 0 fully saturated rings. The Bertz CT molecular complexity index is 860. The Morgan fingerprint density at radius 2 is 1.69 bits per heavy atom. The zero-order valence-corrected chi connectivity index (χ0v) is 16.1. The molecule has 0 radical (unpaired) electrons. The SMILES string of the molecule is CCOc1ccc(CNS(=O)(=O)c2cc3c(cc2OC)CCCC3)cc1. The predicted molar refractivity (Wildman–Crippen MR) is 101 cm³/mol. The van der Waals surface area contributed by atoms with E-state index in [4.69, 9.17) is 9.47 Å². The third-order valence-corrected chi connectivity index (χ3v) is 6.04. The van der Waals surface area contributed by atoms with Crippen molar-refractivity contribution >= 4 is 10.0 Å². The second-order valence-electron chi connectivity index (χ2n) is 6.38. The van der Waals surface area contributed by atoms with Gasteiger partial charge in [-0.25, -0.2) is 13.1 Å². The Kier molecular flexibility index (Phi) is 5.84. The Hall–Kier alpha value is -2.05. The molecular formula is C20H25NO4S. The van der Waals surface area contributed by atoms with Gasteiger partial charge in [0, 0.05) is 6.54 Å². The molecule has 0 heterocycles. The van der Waals surface area contributed by atoms with Gasteiger partial charge in [0.2, 0.25) is 10.0 Å². The number of fused-ring (bicyclic) bond motifs is 1. The first-order valence-corrected chi connectivity index (χ1v) is 10.4. The van der Waals surface area contributed by atoms with Crippen LogP contribution in [0.25, 0.3) is 0 Å². The van der Waals surface area contributed by atoms with E-state index in [9.17, 15) is 8.42 Å². The minimum Gasteiger partial charge on any atom is -0.495 e. The zero-order chi connectivity index (χ0) is 18.6. The maximum atomic E-state index is 12.8. The molecule has 3 rings (SSSR count). The molecule has 0 aromatic heterocycles. The first kappa shape index (κ1) is 18.7. The summed E-state index contributed by atoms with van der Waals surface area (Å²) < 4.78 is 39.1. The van der Waals surface area contributed by atoms with Crippen LogP contribution >= 0.6 is 0 Å². The molecule has 0 unspecified atom stereocenters. The molecule has 140 valence electrons. The van der Waals surface area contributed by atoms with Crippen molar-refractivity contribution in [3.8, 4) is 11.5 Å². The van der Waals surface area contributed by atoms with Crippen molar-refractivity contribution < 1.29 is 17.9 Å². The molecule has 0 saturated carbocycles. The summed E-state index contributed by atoms with van der Waals surface area (Å²) in [5, 5.41) is 0. The molecule has 5 nitrogen and oxygen atoms in total. The van der Waals surface area contributed by atoms with E-state index in [-0.39, 0.29) is 11.4 Å². The summed E-state index contributed by atoms with van der Waals surface area (Å²) in [4.78, 5) is 0.214. The molecule has 1 aliphatic rings. The zero-order valence-electron chi connectivity index (χ0n) is 15.2. The van der Waals surface area contributed by atoms with Crippen LogP contribution in [0.5, 0.6) is 11.5 Å². The van der Waals surface area contributed by atoms with Crippen LogP contribution in [0.15, 0.2) is 41.3 Å². The second-order valence-corrected chi connectivity index (χ2v) is 8.12. The third-order valence-electron chi connectivity index (χ3n) is 4.62. The van der Waals surface area contributed by atoms with Crippen molar-refractivity contribution in [3.63, 3.8) is 0 Å². The molecule has 2 aromatic carbocycles. The lowest BCUT2D eigenvalue weighted by Gasteiger charge is -2.19. The molecular weight excluding hydrogens is 350 g/mol. The van der Waals surface area contributed by atoms with Crippen molar-refractivity contribution in [2.24, 2.45) is 0 Å². The molecule has 1 aliphatic carbocycles. The van der Waals surface area contributed by atoms with Crippen molar-refractivity contribution in [3.05, 3.63) is 53.1 Å². The fourth-order valence-electron chi connectivity index (χ4n) is 3.24. The maximum absolute atomic E-state index is 12.8. The highest BCUT2D eigenvalue weighted by Crippen LogP contribution is 2.32. The summed E-state index contributed by atoms with van der Waals surface area (Å²) >= 11 is 0. The average molecular weight is 375 g/mol. The van der Waals surface area contributed by atoms with Crippen LogP contribution in [0, 0.1) is 0 Å². The van der Waals surface area contributed by atoms with E-state index >= 15 is 0 Å². The van der Waals surface area contributed by atoms with Crippen LogP contribution in [0.1, 0.15) is 36.5 Å². The lowest BCUT2D eigenvalue weighted by Crippen LogP contribution is -2.24. The number of ether oxygens (including phenoxy) is 2. The Balaban J connectivity index is 1.79. The number of hydrogen-bond acceptors (Lipinski definition) is 4. The Morgan fingerprint density at radius 3 is 2.31 bits per heavy atom. The standard InChI is InChI=1S/C20H25NO4S/c1-3-25-18-10-8-15(9-11-18)14-21-26(22,23)20-13-17-7-5-4-6-16(17)12-19(20)24-2/h8-13,21H,3-7,14H2,1-2H3. The van der Waals surface area contributed by atoms with Crippen LogP contribution in [0.2, 0.25) is 0 Å². The van der Waals surface area contributed by atoms with Crippen molar-refractivity contribution in [1.29, 1.82) is 0 Å². The average Bonchev–Trinajstić information content (AvgIpc) is 2.66. The summed E-state index contributed by atoms with van der Waals surface area (Å²) in [6.07, 6.45) is 4.13. The van der Waals surface area contributed by atoms with Crippen molar-refractivity contribution in [2.45, 2.75) is 44.0 Å². The highest BCUT2D eigenvalue weighted by Gasteiger charge is 2.23. The van der Waals surface area contributed by atoms with Gasteiger partial charge in [-0.3, -0.25) is 0 Å². The minimum atomic E-state index is -3.66. The Morgan fingerprint density at radius 1 is 1.04 bits per heavy atom. The van der Waals surface area contributed by atoms with Gasteiger partial charge < -0.3 is 9.47 Å². The monoisotopic (exact) mass is 375 g/mol. The summed E-state index contributed by atoms with van der Waals surface area (Å²) in [5.74, 6) is 1.18. The maximum Gasteiger partial charge on any atom is 0.244 e. The van der Waals surface area contributed by atoms with Gasteiger partial charge in [0.1, 0.15) is 16.4 Å². The number of aryl methyl sites for hydroxylation is 2. The molecule has 0 atom stereocenters. The molecule has 0 bridgehead atoms. The summed E-state index contributed by atoms with van der Waals surface area (Å²) in [7, 11) is -2.15. The van der Waals surface area contributed by atoms with Gasteiger partial charge in [0.25, 0.3) is 0 Å². The van der Waals surface area contributed by atoms with E-state index in [1.165, 1.54) is 12.7 Å². The van der Waals surface area contributed by atoms with Crippen LogP contribution < -0.4 is 14.2 Å². The van der Waals surface area contributed by atoms with Gasteiger partial charge in [-0.2, -0.15) is 0 Å². The largest absolute Gasteiger partial charge is 0.495 e. The van der Waals surface area contributed by atoms with Crippen LogP contribution in [0.3, 0.4) is 0 Å². The number of sulfonamides is 1. The van der Waals surface area contributed by atoms with E-state index in [0.717, 1.165) is 42.6 Å². The molecule has 2 aromatic rings. The lowest BCUT2D eigenvalue weighted by atomic mass is 9.92. The molecule has 0 spiro atoms. The van der Waals surface area contributed by atoms with Crippen LogP contribution in [-0.2, 0) is 29.4 Å². The minimum absolute atomic E-state index is 0.214. The smallest absolute Gasteiger partial charge is 0.244 e. The highest BCUT2D eigenvalue weighted by atomic mass is 32.2. The van der Waals surface area contributed by atoms with Gasteiger partial charge in [0.05, 0.1) is 13.7 Å². The summed E-state index contributed by atoms with van der Waals surface area (Å²) in [6.45, 7) is 2.74. The first-order valence-electron chi connectivity index (χ1n) is 8.94. The molecule has 26 heavy (non-hydrogen) atoms. The van der Waals surface area contributed by atoms with Gasteiger partial charge in [-0.1, -0.05) is 12.1 Å².